The molecule has 0 fully saturated rings. The molecule has 0 atom stereocenters. The summed E-state index contributed by atoms with van der Waals surface area (Å²) in [6, 6.07) is 41.6. The Morgan fingerprint density at radius 1 is 0.531 bits per heavy atom. The van der Waals surface area contributed by atoms with Crippen LogP contribution in [0.25, 0.3) is 21.9 Å². The first-order valence-corrected chi connectivity index (χ1v) is 11.2. The summed E-state index contributed by atoms with van der Waals surface area (Å²) in [4.78, 5) is 2.36. The lowest BCUT2D eigenvalue weighted by atomic mass is 9.82. The van der Waals surface area contributed by atoms with E-state index >= 15 is 0 Å². The van der Waals surface area contributed by atoms with E-state index in [-0.39, 0.29) is 5.41 Å². The topological polar surface area (TPSA) is 3.24 Å². The molecule has 5 aromatic carbocycles. The van der Waals surface area contributed by atoms with Crippen molar-refractivity contribution in [1.82, 2.24) is 0 Å². The molecule has 0 bridgehead atoms. The lowest BCUT2D eigenvalue weighted by Gasteiger charge is -2.27. The summed E-state index contributed by atoms with van der Waals surface area (Å²) in [7, 11) is 0. The highest BCUT2D eigenvalue weighted by atomic mass is 15.1. The highest BCUT2D eigenvalue weighted by molar-refractivity contribution is 6.03. The fraction of sp³-hybridized carbons (Fsp3) is 0.0968. The fourth-order valence-electron chi connectivity index (χ4n) is 5.23. The van der Waals surface area contributed by atoms with Gasteiger partial charge in [0.15, 0.2) is 0 Å². The van der Waals surface area contributed by atoms with E-state index in [1.165, 1.54) is 38.7 Å². The first-order chi connectivity index (χ1) is 15.6. The molecular formula is C31H25N. The summed E-state index contributed by atoms with van der Waals surface area (Å²) < 4.78 is 0. The zero-order chi connectivity index (χ0) is 21.7. The Kier molecular flexibility index (Phi) is 4.19. The van der Waals surface area contributed by atoms with Crippen LogP contribution < -0.4 is 4.90 Å². The molecule has 1 aliphatic carbocycles. The van der Waals surface area contributed by atoms with Crippen LogP contribution in [-0.2, 0) is 5.41 Å². The van der Waals surface area contributed by atoms with Crippen LogP contribution in [-0.4, -0.2) is 0 Å². The van der Waals surface area contributed by atoms with Crippen molar-refractivity contribution in [1.29, 1.82) is 0 Å². The summed E-state index contributed by atoms with van der Waals surface area (Å²) >= 11 is 0. The van der Waals surface area contributed by atoms with Gasteiger partial charge in [-0.25, -0.2) is 0 Å². The van der Waals surface area contributed by atoms with Gasteiger partial charge >= 0.3 is 0 Å². The van der Waals surface area contributed by atoms with Crippen LogP contribution >= 0.6 is 0 Å². The minimum Gasteiger partial charge on any atom is -0.310 e. The number of anilines is 3. The van der Waals surface area contributed by atoms with Gasteiger partial charge in [-0.3, -0.25) is 0 Å². The number of hydrogen-bond donors (Lipinski definition) is 0. The zero-order valence-electron chi connectivity index (χ0n) is 18.4. The van der Waals surface area contributed by atoms with Crippen LogP contribution in [0.3, 0.4) is 0 Å². The third-order valence-electron chi connectivity index (χ3n) is 6.83. The third-order valence-corrected chi connectivity index (χ3v) is 6.83. The van der Waals surface area contributed by atoms with Gasteiger partial charge in [0.1, 0.15) is 0 Å². The quantitative estimate of drug-likeness (QED) is 0.287. The second-order valence-corrected chi connectivity index (χ2v) is 9.07. The van der Waals surface area contributed by atoms with Gasteiger partial charge < -0.3 is 4.90 Å². The normalized spacial score (nSPS) is 13.6. The van der Waals surface area contributed by atoms with E-state index < -0.39 is 0 Å². The smallest absolute Gasteiger partial charge is 0.0540 e. The van der Waals surface area contributed by atoms with Gasteiger partial charge in [-0.05, 0) is 70.1 Å². The maximum absolute atomic E-state index is 2.41. The monoisotopic (exact) mass is 411 g/mol. The Labute approximate surface area is 189 Å². The largest absolute Gasteiger partial charge is 0.310 e. The number of hydrogen-bond acceptors (Lipinski definition) is 1. The standard InChI is InChI=1S/C31H25N/c1-31(2)28-18-10-9-17-25(28)27-21-26-22(20-29(27)31)12-11-19-30(26)32(23-13-5-3-6-14-23)24-15-7-4-8-16-24/h3-21H,1-2H3. The van der Waals surface area contributed by atoms with Gasteiger partial charge in [0.25, 0.3) is 0 Å². The second-order valence-electron chi connectivity index (χ2n) is 9.07. The molecule has 0 amide bonds. The second kappa shape index (κ2) is 7.10. The van der Waals surface area contributed by atoms with E-state index in [2.05, 4.69) is 134 Å². The average Bonchev–Trinajstić information content (AvgIpc) is 3.06. The number of rotatable bonds is 3. The molecule has 0 spiro atoms. The average molecular weight is 412 g/mol. The molecule has 0 heterocycles. The van der Waals surface area contributed by atoms with Crippen molar-refractivity contribution in [2.45, 2.75) is 19.3 Å². The molecule has 0 unspecified atom stereocenters. The van der Waals surface area contributed by atoms with E-state index in [4.69, 9.17) is 0 Å². The summed E-state index contributed by atoms with van der Waals surface area (Å²) in [6.07, 6.45) is 0. The van der Waals surface area contributed by atoms with Crippen molar-refractivity contribution in [2.75, 3.05) is 4.90 Å². The molecule has 5 aromatic rings. The van der Waals surface area contributed by atoms with Gasteiger partial charge in [-0.2, -0.15) is 0 Å². The van der Waals surface area contributed by atoms with Gasteiger partial charge in [-0.15, -0.1) is 0 Å². The number of benzene rings is 5. The molecule has 0 aliphatic heterocycles. The number of nitrogens with zero attached hydrogens (tertiary/aromatic N) is 1. The van der Waals surface area contributed by atoms with Crippen molar-refractivity contribution in [3.8, 4) is 11.1 Å². The van der Waals surface area contributed by atoms with Crippen LogP contribution in [0.4, 0.5) is 17.1 Å². The first-order valence-electron chi connectivity index (χ1n) is 11.2. The molecule has 0 saturated heterocycles. The molecule has 32 heavy (non-hydrogen) atoms. The Morgan fingerprint density at radius 3 is 1.84 bits per heavy atom. The van der Waals surface area contributed by atoms with E-state index in [1.54, 1.807) is 0 Å². The van der Waals surface area contributed by atoms with Crippen LogP contribution in [0.5, 0.6) is 0 Å². The van der Waals surface area contributed by atoms with Crippen molar-refractivity contribution in [2.24, 2.45) is 0 Å². The van der Waals surface area contributed by atoms with Gasteiger partial charge in [-0.1, -0.05) is 86.6 Å². The maximum atomic E-state index is 2.41. The van der Waals surface area contributed by atoms with Gasteiger partial charge in [0.05, 0.1) is 5.69 Å². The molecule has 154 valence electrons. The SMILES string of the molecule is CC1(C)c2ccccc2-c2cc3c(N(c4ccccc4)c4ccccc4)cccc3cc21. The maximum Gasteiger partial charge on any atom is 0.0540 e. The summed E-state index contributed by atoms with van der Waals surface area (Å²) in [5.74, 6) is 0. The number of para-hydroxylation sites is 2. The first kappa shape index (κ1) is 18.9. The van der Waals surface area contributed by atoms with E-state index in [1.807, 2.05) is 0 Å². The van der Waals surface area contributed by atoms with Crippen LogP contribution in [0.15, 0.2) is 115 Å². The lowest BCUT2D eigenvalue weighted by molar-refractivity contribution is 0.661. The Bertz CT molecular complexity index is 1390. The van der Waals surface area contributed by atoms with Crippen molar-refractivity contribution in [3.63, 3.8) is 0 Å². The minimum atomic E-state index is 0.00860. The Morgan fingerprint density at radius 2 is 1.16 bits per heavy atom. The fourth-order valence-corrected chi connectivity index (χ4v) is 5.23. The molecular weight excluding hydrogens is 386 g/mol. The van der Waals surface area contributed by atoms with Crippen LogP contribution in [0, 0.1) is 0 Å². The van der Waals surface area contributed by atoms with Crippen LogP contribution in [0.1, 0.15) is 25.0 Å². The summed E-state index contributed by atoms with van der Waals surface area (Å²) in [6.45, 7) is 4.68. The lowest BCUT2D eigenvalue weighted by Crippen LogP contribution is -2.15. The van der Waals surface area contributed by atoms with Crippen molar-refractivity contribution < 1.29 is 0 Å². The minimum absolute atomic E-state index is 0.00860. The predicted molar refractivity (Wildman–Crippen MR) is 136 cm³/mol. The summed E-state index contributed by atoms with van der Waals surface area (Å²) in [5, 5.41) is 2.55. The molecule has 0 N–H and O–H groups in total. The van der Waals surface area contributed by atoms with Crippen molar-refractivity contribution in [3.05, 3.63) is 126 Å². The van der Waals surface area contributed by atoms with E-state index in [9.17, 15) is 0 Å². The van der Waals surface area contributed by atoms with E-state index in [0.29, 0.717) is 0 Å². The molecule has 1 nitrogen and oxygen atoms in total. The molecule has 6 rings (SSSR count). The molecule has 0 aromatic heterocycles. The number of fused-ring (bicyclic) bond motifs is 4. The van der Waals surface area contributed by atoms with Gasteiger partial charge in [0, 0.05) is 22.2 Å². The van der Waals surface area contributed by atoms with Crippen LogP contribution in [0.2, 0.25) is 0 Å². The Balaban J connectivity index is 1.65. The molecule has 0 radical (unpaired) electrons. The highest BCUT2D eigenvalue weighted by Crippen LogP contribution is 2.51. The highest BCUT2D eigenvalue weighted by Gasteiger charge is 2.35. The molecule has 1 heteroatoms. The zero-order valence-corrected chi connectivity index (χ0v) is 18.4. The Hall–Kier alpha value is -3.84. The van der Waals surface area contributed by atoms with E-state index in [0.717, 1.165) is 11.4 Å². The predicted octanol–water partition coefficient (Wildman–Crippen LogP) is 8.62. The molecule has 0 saturated carbocycles. The van der Waals surface area contributed by atoms with Crippen molar-refractivity contribution >= 4 is 27.8 Å². The van der Waals surface area contributed by atoms with Gasteiger partial charge in [0.2, 0.25) is 0 Å². The molecule has 1 aliphatic rings. The third kappa shape index (κ3) is 2.78. The summed E-state index contributed by atoms with van der Waals surface area (Å²) in [5.41, 5.74) is 9.06.